The van der Waals surface area contributed by atoms with Crippen LogP contribution in [-0.4, -0.2) is 6.10 Å². The van der Waals surface area contributed by atoms with Crippen molar-refractivity contribution >= 4 is 15.9 Å². The molecule has 1 nitrogen and oxygen atoms in total. The molecule has 0 aliphatic heterocycles. The second kappa shape index (κ2) is 5.17. The molecule has 2 atom stereocenters. The molecule has 0 N–H and O–H groups in total. The van der Waals surface area contributed by atoms with E-state index >= 15 is 0 Å². The summed E-state index contributed by atoms with van der Waals surface area (Å²) in [7, 11) is 0. The van der Waals surface area contributed by atoms with E-state index in [2.05, 4.69) is 22.9 Å². The van der Waals surface area contributed by atoms with Crippen LogP contribution in [0.1, 0.15) is 32.6 Å². The first-order valence-corrected chi connectivity index (χ1v) is 6.55. The largest absolute Gasteiger partial charge is 0.490 e. The topological polar surface area (TPSA) is 9.23 Å². The van der Waals surface area contributed by atoms with Crippen LogP contribution in [0.15, 0.2) is 22.7 Å². The van der Waals surface area contributed by atoms with Crippen molar-refractivity contribution in [1.29, 1.82) is 0 Å². The molecular weight excluding hydrogens is 271 g/mol. The first kappa shape index (κ1) is 11.9. The third-order valence-corrected chi connectivity index (χ3v) is 3.48. The molecule has 2 unspecified atom stereocenters. The first-order valence-electron chi connectivity index (χ1n) is 5.76. The van der Waals surface area contributed by atoms with Gasteiger partial charge in [-0.05, 0) is 37.3 Å². The minimum absolute atomic E-state index is 0.248. The molecule has 1 aromatic carbocycles. The van der Waals surface area contributed by atoms with E-state index in [0.717, 1.165) is 23.2 Å². The molecule has 0 spiro atoms. The van der Waals surface area contributed by atoms with Gasteiger partial charge in [0.25, 0.3) is 0 Å². The zero-order valence-electron chi connectivity index (χ0n) is 9.38. The fraction of sp³-hybridized carbons (Fsp3) is 0.538. The first-order chi connectivity index (χ1) is 7.63. The van der Waals surface area contributed by atoms with Crippen LogP contribution in [0.25, 0.3) is 0 Å². The standard InChI is InChI=1S/C13H16BrFO/c1-9-3-2-4-12(5-9)16-13-7-10(14)6-11(15)8-13/h6-9,12H,2-5H2,1H3. The zero-order valence-corrected chi connectivity index (χ0v) is 11.0. The van der Waals surface area contributed by atoms with E-state index < -0.39 is 0 Å². The summed E-state index contributed by atoms with van der Waals surface area (Å²) < 4.78 is 19.7. The lowest BCUT2D eigenvalue weighted by atomic mass is 9.89. The van der Waals surface area contributed by atoms with E-state index in [1.807, 2.05) is 6.07 Å². The van der Waals surface area contributed by atoms with Gasteiger partial charge in [-0.25, -0.2) is 4.39 Å². The van der Waals surface area contributed by atoms with Crippen molar-refractivity contribution in [2.45, 2.75) is 38.7 Å². The van der Waals surface area contributed by atoms with Crippen molar-refractivity contribution < 1.29 is 9.13 Å². The van der Waals surface area contributed by atoms with Gasteiger partial charge in [-0.15, -0.1) is 0 Å². The second-order valence-corrected chi connectivity index (χ2v) is 5.53. The van der Waals surface area contributed by atoms with Gasteiger partial charge in [0.15, 0.2) is 0 Å². The third-order valence-electron chi connectivity index (χ3n) is 3.03. The molecule has 0 bridgehead atoms. The molecule has 1 saturated carbocycles. The average Bonchev–Trinajstić information content (AvgIpc) is 2.15. The summed E-state index contributed by atoms with van der Waals surface area (Å²) >= 11 is 3.27. The summed E-state index contributed by atoms with van der Waals surface area (Å²) in [6.45, 7) is 2.25. The second-order valence-electron chi connectivity index (χ2n) is 4.62. The summed E-state index contributed by atoms with van der Waals surface area (Å²) in [6.07, 6.45) is 4.90. The van der Waals surface area contributed by atoms with E-state index in [1.165, 1.54) is 25.0 Å². The van der Waals surface area contributed by atoms with Crippen LogP contribution >= 0.6 is 15.9 Å². The number of hydrogen-bond donors (Lipinski definition) is 0. The van der Waals surface area contributed by atoms with Gasteiger partial charge in [0.05, 0.1) is 6.10 Å². The van der Waals surface area contributed by atoms with Crippen molar-refractivity contribution in [3.8, 4) is 5.75 Å². The summed E-state index contributed by atoms with van der Waals surface area (Å²) in [5, 5.41) is 0. The Morgan fingerprint density at radius 2 is 2.12 bits per heavy atom. The number of benzene rings is 1. The molecule has 16 heavy (non-hydrogen) atoms. The molecule has 1 aromatic rings. The van der Waals surface area contributed by atoms with Crippen LogP contribution in [0, 0.1) is 11.7 Å². The monoisotopic (exact) mass is 286 g/mol. The summed E-state index contributed by atoms with van der Waals surface area (Å²) in [4.78, 5) is 0. The number of halogens is 2. The van der Waals surface area contributed by atoms with Crippen LogP contribution in [0.4, 0.5) is 4.39 Å². The van der Waals surface area contributed by atoms with Gasteiger partial charge in [-0.3, -0.25) is 0 Å². The van der Waals surface area contributed by atoms with E-state index in [9.17, 15) is 4.39 Å². The van der Waals surface area contributed by atoms with Gasteiger partial charge in [-0.1, -0.05) is 29.3 Å². The maximum Gasteiger partial charge on any atom is 0.128 e. The number of rotatable bonds is 2. The Morgan fingerprint density at radius 1 is 1.31 bits per heavy atom. The maximum atomic E-state index is 13.1. The highest BCUT2D eigenvalue weighted by Crippen LogP contribution is 2.29. The minimum Gasteiger partial charge on any atom is -0.490 e. The number of ether oxygens (including phenoxy) is 1. The molecule has 0 aromatic heterocycles. The predicted octanol–water partition coefficient (Wildman–Crippen LogP) is 4.55. The van der Waals surface area contributed by atoms with Crippen molar-refractivity contribution in [3.05, 3.63) is 28.5 Å². The van der Waals surface area contributed by atoms with Crippen LogP contribution < -0.4 is 4.74 Å². The van der Waals surface area contributed by atoms with E-state index in [4.69, 9.17) is 4.74 Å². The lowest BCUT2D eigenvalue weighted by molar-refractivity contribution is 0.128. The van der Waals surface area contributed by atoms with Gasteiger partial charge >= 0.3 is 0 Å². The van der Waals surface area contributed by atoms with Crippen LogP contribution in [0.3, 0.4) is 0 Å². The highest BCUT2D eigenvalue weighted by molar-refractivity contribution is 9.10. The van der Waals surface area contributed by atoms with Crippen LogP contribution in [0.5, 0.6) is 5.75 Å². The van der Waals surface area contributed by atoms with Crippen LogP contribution in [0.2, 0.25) is 0 Å². The van der Waals surface area contributed by atoms with Gasteiger partial charge in [-0.2, -0.15) is 0 Å². The summed E-state index contributed by atoms with van der Waals surface area (Å²) in [5.41, 5.74) is 0. The molecule has 0 heterocycles. The lowest BCUT2D eigenvalue weighted by Crippen LogP contribution is -2.24. The molecule has 3 heteroatoms. The Balaban J connectivity index is 2.02. The molecule has 88 valence electrons. The predicted molar refractivity (Wildman–Crippen MR) is 66.1 cm³/mol. The average molecular weight is 287 g/mol. The van der Waals surface area contributed by atoms with E-state index in [-0.39, 0.29) is 11.9 Å². The molecular formula is C13H16BrFO. The van der Waals surface area contributed by atoms with E-state index in [0.29, 0.717) is 5.75 Å². The molecule has 1 fully saturated rings. The van der Waals surface area contributed by atoms with Gasteiger partial charge in [0.2, 0.25) is 0 Å². The highest BCUT2D eigenvalue weighted by Gasteiger charge is 2.20. The Bertz CT molecular complexity index is 347. The zero-order chi connectivity index (χ0) is 11.5. The SMILES string of the molecule is CC1CCCC(Oc2cc(F)cc(Br)c2)C1. The Kier molecular flexibility index (Phi) is 3.85. The molecule has 2 rings (SSSR count). The Hall–Kier alpha value is -0.570. The Labute approximate surface area is 104 Å². The quantitative estimate of drug-likeness (QED) is 0.775. The van der Waals surface area contributed by atoms with Crippen LogP contribution in [-0.2, 0) is 0 Å². The highest BCUT2D eigenvalue weighted by atomic mass is 79.9. The fourth-order valence-corrected chi connectivity index (χ4v) is 2.72. The lowest BCUT2D eigenvalue weighted by Gasteiger charge is -2.27. The van der Waals surface area contributed by atoms with Crippen molar-refractivity contribution in [2.75, 3.05) is 0 Å². The van der Waals surface area contributed by atoms with Gasteiger partial charge in [0, 0.05) is 10.5 Å². The van der Waals surface area contributed by atoms with Crippen molar-refractivity contribution in [3.63, 3.8) is 0 Å². The maximum absolute atomic E-state index is 13.1. The number of hydrogen-bond acceptors (Lipinski definition) is 1. The normalized spacial score (nSPS) is 25.4. The molecule has 0 amide bonds. The van der Waals surface area contributed by atoms with Crippen molar-refractivity contribution in [2.24, 2.45) is 5.92 Å². The Morgan fingerprint density at radius 3 is 2.81 bits per heavy atom. The molecule has 0 radical (unpaired) electrons. The molecule has 1 aliphatic carbocycles. The van der Waals surface area contributed by atoms with Gasteiger partial charge in [0.1, 0.15) is 11.6 Å². The summed E-state index contributed by atoms with van der Waals surface area (Å²) in [5.74, 6) is 1.09. The fourth-order valence-electron chi connectivity index (χ4n) is 2.27. The minimum atomic E-state index is -0.256. The van der Waals surface area contributed by atoms with Gasteiger partial charge < -0.3 is 4.74 Å². The summed E-state index contributed by atoms with van der Waals surface area (Å²) in [6, 6.07) is 4.71. The van der Waals surface area contributed by atoms with Crippen molar-refractivity contribution in [1.82, 2.24) is 0 Å². The molecule has 0 saturated heterocycles. The third kappa shape index (κ3) is 3.21. The molecule has 1 aliphatic rings. The van der Waals surface area contributed by atoms with E-state index in [1.54, 1.807) is 0 Å². The smallest absolute Gasteiger partial charge is 0.128 e.